The molecule has 3 aromatic heterocycles. The second kappa shape index (κ2) is 10.0. The van der Waals surface area contributed by atoms with Crippen LogP contribution in [-0.4, -0.2) is 61.0 Å². The van der Waals surface area contributed by atoms with Crippen LogP contribution in [0.5, 0.6) is 0 Å². The van der Waals surface area contributed by atoms with E-state index >= 15 is 4.39 Å². The number of benzene rings is 1. The van der Waals surface area contributed by atoms with Gasteiger partial charge in [0.2, 0.25) is 0 Å². The zero-order valence-electron chi connectivity index (χ0n) is 20.5. The lowest BCUT2D eigenvalue weighted by atomic mass is 9.89. The maximum absolute atomic E-state index is 15.2. The van der Waals surface area contributed by atoms with E-state index in [2.05, 4.69) is 21.3 Å². The smallest absolute Gasteiger partial charge is 0.333 e. The fourth-order valence-electron chi connectivity index (χ4n) is 4.80. The van der Waals surface area contributed by atoms with Crippen LogP contribution in [0, 0.1) is 17.1 Å². The second-order valence-corrected chi connectivity index (χ2v) is 9.18. The number of alkyl halides is 2. The summed E-state index contributed by atoms with van der Waals surface area (Å²) in [7, 11) is 2.79. The zero-order chi connectivity index (χ0) is 28.0. The average molecular weight is 558 g/mol. The molecule has 0 bridgehead atoms. The molecule has 14 heteroatoms. The Labute approximate surface area is 224 Å². The van der Waals surface area contributed by atoms with Gasteiger partial charge < -0.3 is 9.64 Å². The molecule has 5 rings (SSSR count). The van der Waals surface area contributed by atoms with Crippen LogP contribution in [0.1, 0.15) is 33.6 Å². The first-order valence-corrected chi connectivity index (χ1v) is 12.0. The highest BCUT2D eigenvalue weighted by atomic mass is 35.5. The van der Waals surface area contributed by atoms with Crippen molar-refractivity contribution in [1.29, 1.82) is 5.26 Å². The number of amides is 1. The molecular formula is C25H19ClF3N7O3. The molecule has 0 spiro atoms. The lowest BCUT2D eigenvalue weighted by molar-refractivity contribution is -0.146. The van der Waals surface area contributed by atoms with E-state index in [1.54, 1.807) is 13.1 Å². The molecule has 0 fully saturated rings. The molecule has 1 aliphatic rings. The van der Waals surface area contributed by atoms with E-state index < -0.39 is 30.3 Å². The van der Waals surface area contributed by atoms with Crippen LogP contribution in [0.25, 0.3) is 22.3 Å². The zero-order valence-corrected chi connectivity index (χ0v) is 21.3. The van der Waals surface area contributed by atoms with Gasteiger partial charge in [0.1, 0.15) is 23.4 Å². The Morgan fingerprint density at radius 2 is 2.10 bits per heavy atom. The Hall–Kier alpha value is -4.44. The van der Waals surface area contributed by atoms with Gasteiger partial charge in [-0.05, 0) is 35.7 Å². The van der Waals surface area contributed by atoms with Gasteiger partial charge in [0.05, 0.1) is 35.6 Å². The van der Waals surface area contributed by atoms with E-state index in [1.165, 1.54) is 10.7 Å². The van der Waals surface area contributed by atoms with Crippen molar-refractivity contribution in [2.45, 2.75) is 25.4 Å². The first kappa shape index (κ1) is 26.2. The van der Waals surface area contributed by atoms with Crippen LogP contribution in [0.4, 0.5) is 13.2 Å². The molecular weight excluding hydrogens is 539 g/mol. The first-order valence-electron chi connectivity index (χ1n) is 11.6. The van der Waals surface area contributed by atoms with Gasteiger partial charge in [0, 0.05) is 31.8 Å². The molecule has 1 amide bonds. The summed E-state index contributed by atoms with van der Waals surface area (Å²) in [6.07, 6.45) is 2.18. The summed E-state index contributed by atoms with van der Waals surface area (Å²) in [5.41, 5.74) is 1.91. The minimum Gasteiger partial charge on any atom is -0.467 e. The van der Waals surface area contributed by atoms with E-state index in [9.17, 15) is 23.6 Å². The van der Waals surface area contributed by atoms with Crippen molar-refractivity contribution in [2.75, 3.05) is 13.7 Å². The van der Waals surface area contributed by atoms with Gasteiger partial charge in [-0.15, -0.1) is 0 Å². The maximum Gasteiger partial charge on any atom is 0.333 e. The van der Waals surface area contributed by atoms with Crippen molar-refractivity contribution >= 4 is 34.5 Å². The third-order valence-corrected chi connectivity index (χ3v) is 6.89. The van der Waals surface area contributed by atoms with Gasteiger partial charge in [-0.2, -0.15) is 24.2 Å². The van der Waals surface area contributed by atoms with Gasteiger partial charge >= 0.3 is 12.5 Å². The minimum atomic E-state index is -2.88. The number of aromatic nitrogens is 5. The number of nitriles is 1. The molecule has 0 saturated carbocycles. The van der Waals surface area contributed by atoms with Gasteiger partial charge in [-0.3, -0.25) is 9.48 Å². The van der Waals surface area contributed by atoms with Crippen molar-refractivity contribution < 1.29 is 27.5 Å². The monoisotopic (exact) mass is 557 g/mol. The largest absolute Gasteiger partial charge is 0.467 e. The number of rotatable bonds is 6. The number of fused-ring (bicyclic) bond motifs is 2. The molecule has 10 nitrogen and oxygen atoms in total. The van der Waals surface area contributed by atoms with Crippen LogP contribution in [-0.2, 0) is 29.4 Å². The molecule has 0 radical (unpaired) electrons. The molecule has 200 valence electrons. The van der Waals surface area contributed by atoms with E-state index in [0.717, 1.165) is 30.5 Å². The standard InChI is InChI=1S/C25H19ClF3N7O3/c1-34-17-8-13(9-30)20(32-21(17)22(26)33-34)15-3-4-16(27)19-14(15)5-6-35(23(19)37)18(24(38)39-2)7-12-10-31-36(11-12)25(28)29/h3-4,8,10-11,18,25H,5-7H2,1-2H3/t18-/m1/s1. The number of ether oxygens (including phenoxy) is 1. The topological polar surface area (TPSA) is 119 Å². The molecule has 4 heterocycles. The third-order valence-electron chi connectivity index (χ3n) is 6.63. The van der Waals surface area contributed by atoms with Crippen LogP contribution in [0.15, 0.2) is 30.6 Å². The fourth-order valence-corrected chi connectivity index (χ4v) is 5.05. The number of nitrogens with zero attached hydrogens (tertiary/aromatic N) is 7. The van der Waals surface area contributed by atoms with Gasteiger partial charge in [-0.25, -0.2) is 18.9 Å². The Bertz CT molecular complexity index is 1680. The van der Waals surface area contributed by atoms with Crippen molar-refractivity contribution in [3.63, 3.8) is 0 Å². The Kier molecular flexibility index (Phi) is 6.73. The number of pyridine rings is 1. The molecule has 39 heavy (non-hydrogen) atoms. The van der Waals surface area contributed by atoms with E-state index in [4.69, 9.17) is 16.3 Å². The number of aryl methyl sites for hydroxylation is 1. The number of methoxy groups -OCH3 is 1. The fraction of sp³-hybridized carbons (Fsp3) is 0.280. The molecule has 1 atom stereocenters. The molecule has 0 saturated heterocycles. The van der Waals surface area contributed by atoms with Crippen LogP contribution < -0.4 is 0 Å². The van der Waals surface area contributed by atoms with Crippen molar-refractivity contribution in [3.05, 3.63) is 63.8 Å². The summed E-state index contributed by atoms with van der Waals surface area (Å²) in [5, 5.41) is 17.6. The van der Waals surface area contributed by atoms with Gasteiger partial charge in [0.25, 0.3) is 5.91 Å². The Balaban J connectivity index is 1.57. The van der Waals surface area contributed by atoms with Crippen LogP contribution in [0.3, 0.4) is 0 Å². The molecule has 1 aromatic carbocycles. The molecule has 4 aromatic rings. The SMILES string of the molecule is COC(=O)[C@@H](Cc1cnn(C(F)F)c1)N1CCc2c(-c3nc4c(Cl)nn(C)c4cc3C#N)ccc(F)c2C1=O. The number of hydrogen-bond acceptors (Lipinski definition) is 7. The number of carbonyl (C=O) groups excluding carboxylic acids is 2. The summed E-state index contributed by atoms with van der Waals surface area (Å²) in [4.78, 5) is 32.0. The summed E-state index contributed by atoms with van der Waals surface area (Å²) in [6, 6.07) is 4.96. The van der Waals surface area contributed by atoms with Crippen molar-refractivity contribution in [3.8, 4) is 17.3 Å². The predicted molar refractivity (Wildman–Crippen MR) is 131 cm³/mol. The summed E-state index contributed by atoms with van der Waals surface area (Å²) in [5.74, 6) is -2.40. The maximum atomic E-state index is 15.2. The van der Waals surface area contributed by atoms with Crippen molar-refractivity contribution in [2.24, 2.45) is 7.05 Å². The quantitative estimate of drug-likeness (QED) is 0.332. The molecule has 0 aliphatic carbocycles. The Morgan fingerprint density at radius 3 is 2.77 bits per heavy atom. The Morgan fingerprint density at radius 1 is 1.33 bits per heavy atom. The highest BCUT2D eigenvalue weighted by Crippen LogP contribution is 2.36. The van der Waals surface area contributed by atoms with E-state index in [-0.39, 0.29) is 46.9 Å². The van der Waals surface area contributed by atoms with E-state index in [0.29, 0.717) is 26.8 Å². The molecule has 0 N–H and O–H groups in total. The normalized spacial score (nSPS) is 14.0. The summed E-state index contributed by atoms with van der Waals surface area (Å²) in [6.45, 7) is -2.89. The molecule has 1 aliphatic heterocycles. The number of carbonyl (C=O) groups is 2. The lowest BCUT2D eigenvalue weighted by Crippen LogP contribution is -2.50. The van der Waals surface area contributed by atoms with Crippen LogP contribution in [0.2, 0.25) is 5.15 Å². The number of esters is 1. The predicted octanol–water partition coefficient (Wildman–Crippen LogP) is 3.67. The third kappa shape index (κ3) is 4.46. The minimum absolute atomic E-state index is 0.0111. The number of hydrogen-bond donors (Lipinski definition) is 0. The van der Waals surface area contributed by atoms with Gasteiger partial charge in [0.15, 0.2) is 5.15 Å². The summed E-state index contributed by atoms with van der Waals surface area (Å²) >= 11 is 6.22. The average Bonchev–Trinajstić information content (AvgIpc) is 3.50. The van der Waals surface area contributed by atoms with E-state index in [1.807, 2.05) is 0 Å². The van der Waals surface area contributed by atoms with Gasteiger partial charge in [-0.1, -0.05) is 11.6 Å². The lowest BCUT2D eigenvalue weighted by Gasteiger charge is -2.34. The number of halogens is 4. The highest BCUT2D eigenvalue weighted by Gasteiger charge is 2.38. The van der Waals surface area contributed by atoms with Crippen molar-refractivity contribution in [1.82, 2.24) is 29.4 Å². The molecule has 0 unspecified atom stereocenters. The summed E-state index contributed by atoms with van der Waals surface area (Å²) < 4.78 is 47.9. The highest BCUT2D eigenvalue weighted by molar-refractivity contribution is 6.33. The second-order valence-electron chi connectivity index (χ2n) is 8.82. The first-order chi connectivity index (χ1) is 18.6. The van der Waals surface area contributed by atoms with Crippen LogP contribution >= 0.6 is 11.6 Å².